The maximum atomic E-state index is 12.6. The third-order valence-electron chi connectivity index (χ3n) is 6.36. The fourth-order valence-electron chi connectivity index (χ4n) is 4.57. The van der Waals surface area contributed by atoms with Gasteiger partial charge in [-0.1, -0.05) is 73.7 Å². The van der Waals surface area contributed by atoms with Crippen molar-refractivity contribution in [3.63, 3.8) is 0 Å². The molecule has 3 aromatic carbocycles. The molecule has 0 heterocycles. The summed E-state index contributed by atoms with van der Waals surface area (Å²) in [6.07, 6.45) is 2.46. The highest BCUT2D eigenvalue weighted by atomic mass is 16.5. The zero-order valence-electron chi connectivity index (χ0n) is 19.4. The van der Waals surface area contributed by atoms with Crippen molar-refractivity contribution < 1.29 is 14.3 Å². The summed E-state index contributed by atoms with van der Waals surface area (Å²) in [6, 6.07) is 23.0. The minimum absolute atomic E-state index is 0.0547. The Kier molecular flexibility index (Phi) is 7.23. The first-order valence-electron chi connectivity index (χ1n) is 11.8. The molecule has 0 saturated heterocycles. The average Bonchev–Trinajstić information content (AvgIpc) is 3.19. The summed E-state index contributed by atoms with van der Waals surface area (Å²) in [7, 11) is 0. The summed E-state index contributed by atoms with van der Waals surface area (Å²) in [5.41, 5.74) is 8.55. The number of benzene rings is 3. The molecule has 4 heteroatoms. The van der Waals surface area contributed by atoms with Gasteiger partial charge in [0.15, 0.2) is 0 Å². The third-order valence-corrected chi connectivity index (χ3v) is 6.36. The molecule has 0 bridgehead atoms. The van der Waals surface area contributed by atoms with E-state index in [1.807, 2.05) is 19.9 Å². The lowest BCUT2D eigenvalue weighted by molar-refractivity contribution is -0.143. The highest BCUT2D eigenvalue weighted by Gasteiger charge is 2.21. The van der Waals surface area contributed by atoms with E-state index in [4.69, 9.17) is 4.74 Å². The van der Waals surface area contributed by atoms with Gasteiger partial charge in [-0.05, 0) is 64.6 Å². The number of hydrogen-bond donors (Lipinski definition) is 1. The molecule has 1 N–H and O–H groups in total. The number of amides is 1. The van der Waals surface area contributed by atoms with Crippen LogP contribution in [0, 0.1) is 0 Å². The molecule has 170 valence electrons. The Labute approximate surface area is 196 Å². The molecule has 0 aromatic heterocycles. The predicted molar refractivity (Wildman–Crippen MR) is 131 cm³/mol. The predicted octanol–water partition coefficient (Wildman–Crippen LogP) is 5.22. The molecule has 33 heavy (non-hydrogen) atoms. The second kappa shape index (κ2) is 10.5. The maximum absolute atomic E-state index is 12.6. The largest absolute Gasteiger partial charge is 0.466 e. The number of hydrogen-bond acceptors (Lipinski definition) is 3. The van der Waals surface area contributed by atoms with Gasteiger partial charge in [0, 0.05) is 6.54 Å². The molecule has 0 fully saturated rings. The van der Waals surface area contributed by atoms with Crippen LogP contribution in [0.25, 0.3) is 11.1 Å². The Hall–Kier alpha value is -3.40. The molecule has 1 amide bonds. The van der Waals surface area contributed by atoms with Gasteiger partial charge in [0.2, 0.25) is 5.91 Å². The van der Waals surface area contributed by atoms with Crippen molar-refractivity contribution in [1.29, 1.82) is 0 Å². The van der Waals surface area contributed by atoms with Crippen molar-refractivity contribution >= 4 is 11.9 Å². The molecular formula is C29H31NO3. The number of nitrogens with one attached hydrogen (secondary N) is 1. The fourth-order valence-corrected chi connectivity index (χ4v) is 4.57. The van der Waals surface area contributed by atoms with Gasteiger partial charge in [0.1, 0.15) is 0 Å². The van der Waals surface area contributed by atoms with E-state index in [0.29, 0.717) is 26.0 Å². The Morgan fingerprint density at radius 2 is 1.73 bits per heavy atom. The highest BCUT2D eigenvalue weighted by molar-refractivity contribution is 5.83. The molecular weight excluding hydrogens is 410 g/mol. The first kappa shape index (κ1) is 22.8. The summed E-state index contributed by atoms with van der Waals surface area (Å²) >= 11 is 0. The van der Waals surface area contributed by atoms with Crippen LogP contribution in [0.15, 0.2) is 66.7 Å². The van der Waals surface area contributed by atoms with Crippen LogP contribution in [0.4, 0.5) is 0 Å². The van der Waals surface area contributed by atoms with Gasteiger partial charge in [-0.2, -0.15) is 0 Å². The molecule has 0 spiro atoms. The lowest BCUT2D eigenvalue weighted by Gasteiger charge is -2.12. The van der Waals surface area contributed by atoms with Crippen LogP contribution in [0.3, 0.4) is 0 Å². The zero-order valence-corrected chi connectivity index (χ0v) is 19.4. The van der Waals surface area contributed by atoms with Gasteiger partial charge in [-0.3, -0.25) is 9.59 Å². The monoisotopic (exact) mass is 441 g/mol. The fraction of sp³-hybridized carbons (Fsp3) is 0.310. The first-order chi connectivity index (χ1) is 16.0. The number of ether oxygens (including phenoxy) is 1. The van der Waals surface area contributed by atoms with Crippen molar-refractivity contribution in [2.45, 2.75) is 45.4 Å². The van der Waals surface area contributed by atoms with Gasteiger partial charge >= 0.3 is 5.97 Å². The summed E-state index contributed by atoms with van der Waals surface area (Å²) < 4.78 is 5.04. The van der Waals surface area contributed by atoms with E-state index < -0.39 is 0 Å². The Balaban J connectivity index is 1.27. The topological polar surface area (TPSA) is 55.4 Å². The number of fused-ring (bicyclic) bond motifs is 3. The van der Waals surface area contributed by atoms with Crippen molar-refractivity contribution in [3.05, 3.63) is 94.5 Å². The van der Waals surface area contributed by atoms with Crippen molar-refractivity contribution in [3.8, 4) is 11.1 Å². The lowest BCUT2D eigenvalue weighted by atomic mass is 9.96. The normalized spacial score (nSPS) is 12.5. The third kappa shape index (κ3) is 5.51. The lowest BCUT2D eigenvalue weighted by Crippen LogP contribution is -2.27. The summed E-state index contributed by atoms with van der Waals surface area (Å²) in [6.45, 7) is 4.87. The van der Waals surface area contributed by atoms with Crippen LogP contribution >= 0.6 is 0 Å². The van der Waals surface area contributed by atoms with Crippen LogP contribution in [-0.4, -0.2) is 25.0 Å². The van der Waals surface area contributed by atoms with Crippen LogP contribution in [0.1, 0.15) is 54.0 Å². The van der Waals surface area contributed by atoms with E-state index >= 15 is 0 Å². The molecule has 3 aromatic rings. The maximum Gasteiger partial charge on any atom is 0.306 e. The van der Waals surface area contributed by atoms with Crippen molar-refractivity contribution in [2.24, 2.45) is 0 Å². The first-order valence-corrected chi connectivity index (χ1v) is 11.8. The molecule has 0 radical (unpaired) electrons. The van der Waals surface area contributed by atoms with Crippen LogP contribution in [0.2, 0.25) is 0 Å². The minimum atomic E-state index is -0.162. The number of carbonyl (C=O) groups excluding carboxylic acids is 2. The summed E-state index contributed by atoms with van der Waals surface area (Å²) in [4.78, 5) is 24.3. The molecule has 4 rings (SSSR count). The summed E-state index contributed by atoms with van der Waals surface area (Å²) in [5.74, 6) is 0.0142. The van der Waals surface area contributed by atoms with E-state index in [-0.39, 0.29) is 17.8 Å². The van der Waals surface area contributed by atoms with Gasteiger partial charge in [-0.25, -0.2) is 0 Å². The smallest absolute Gasteiger partial charge is 0.306 e. The molecule has 0 saturated carbocycles. The van der Waals surface area contributed by atoms with Crippen molar-refractivity contribution in [2.75, 3.05) is 13.2 Å². The molecule has 1 atom stereocenters. The second-order valence-corrected chi connectivity index (χ2v) is 8.71. The molecule has 4 nitrogen and oxygen atoms in total. The van der Waals surface area contributed by atoms with E-state index in [0.717, 1.165) is 24.0 Å². The molecule has 1 aliphatic carbocycles. The van der Waals surface area contributed by atoms with Gasteiger partial charge in [0.05, 0.1) is 19.4 Å². The number of rotatable bonds is 9. The SMILES string of the molecule is CCOC(=O)CC(C)c1ccc(CCNC(=O)Cc2cccc3c2Cc2ccccc2-3)cc1. The Bertz CT molecular complexity index is 1130. The summed E-state index contributed by atoms with van der Waals surface area (Å²) in [5, 5.41) is 3.07. The van der Waals surface area contributed by atoms with E-state index in [2.05, 4.69) is 66.0 Å². The second-order valence-electron chi connectivity index (χ2n) is 8.71. The highest BCUT2D eigenvalue weighted by Crippen LogP contribution is 2.38. The van der Waals surface area contributed by atoms with Crippen LogP contribution in [-0.2, 0) is 33.6 Å². The standard InChI is InChI=1S/C29H31NO3/c1-3-33-29(32)17-20(2)22-13-11-21(12-14-22)15-16-30-28(31)19-24-8-6-10-26-25-9-5-4-7-23(25)18-27(24)26/h4-14,20H,3,15-19H2,1-2H3,(H,30,31). The average molecular weight is 442 g/mol. The van der Waals surface area contributed by atoms with Crippen LogP contribution < -0.4 is 5.32 Å². The molecule has 1 aliphatic rings. The van der Waals surface area contributed by atoms with Gasteiger partial charge in [0.25, 0.3) is 0 Å². The Morgan fingerprint density at radius 3 is 2.52 bits per heavy atom. The zero-order chi connectivity index (χ0) is 23.2. The Morgan fingerprint density at radius 1 is 0.970 bits per heavy atom. The van der Waals surface area contributed by atoms with Crippen molar-refractivity contribution in [1.82, 2.24) is 5.32 Å². The quantitative estimate of drug-likeness (QED) is 0.363. The van der Waals surface area contributed by atoms with Gasteiger partial charge in [-0.15, -0.1) is 0 Å². The molecule has 0 aliphatic heterocycles. The number of carbonyl (C=O) groups is 2. The van der Waals surface area contributed by atoms with E-state index in [9.17, 15) is 9.59 Å². The number of esters is 1. The minimum Gasteiger partial charge on any atom is -0.466 e. The molecule has 1 unspecified atom stereocenters. The van der Waals surface area contributed by atoms with E-state index in [1.54, 1.807) is 0 Å². The van der Waals surface area contributed by atoms with Gasteiger partial charge < -0.3 is 10.1 Å². The van der Waals surface area contributed by atoms with E-state index in [1.165, 1.54) is 27.8 Å². The van der Waals surface area contributed by atoms with Crippen LogP contribution in [0.5, 0.6) is 0 Å².